The largest absolute Gasteiger partial charge is 0.480 e. The average molecular weight is 275 g/mol. The summed E-state index contributed by atoms with van der Waals surface area (Å²) in [6.07, 6.45) is 3.18. The van der Waals surface area contributed by atoms with E-state index in [9.17, 15) is 4.39 Å². The van der Waals surface area contributed by atoms with Crippen LogP contribution in [0.1, 0.15) is 29.8 Å². The molecule has 0 fully saturated rings. The minimum atomic E-state index is -0.267. The Balaban J connectivity index is 2.53. The molecule has 0 aliphatic heterocycles. The second kappa shape index (κ2) is 6.43. The molecule has 0 aliphatic carbocycles. The number of nitrogens with one attached hydrogen (secondary N) is 1. The minimum absolute atomic E-state index is 0.251. The van der Waals surface area contributed by atoms with Crippen LogP contribution in [-0.4, -0.2) is 23.6 Å². The molecule has 1 N–H and O–H groups in total. The molecule has 0 amide bonds. The van der Waals surface area contributed by atoms with Gasteiger partial charge in [-0.25, -0.2) is 9.37 Å². The topological polar surface area (TPSA) is 47.0 Å². The van der Waals surface area contributed by atoms with Gasteiger partial charge in [-0.05, 0) is 36.7 Å². The molecule has 1 atom stereocenters. The third-order valence-corrected chi connectivity index (χ3v) is 3.12. The SMILES string of the molecule is CCNC(c1cc(F)ccc1C)c1nccnc1OC. The molecule has 1 heterocycles. The lowest BCUT2D eigenvalue weighted by Crippen LogP contribution is -2.24. The van der Waals surface area contributed by atoms with Crippen molar-refractivity contribution in [2.24, 2.45) is 0 Å². The number of hydrogen-bond donors (Lipinski definition) is 1. The number of aryl methyl sites for hydroxylation is 1. The molecule has 0 saturated heterocycles. The fraction of sp³-hybridized carbons (Fsp3) is 0.333. The van der Waals surface area contributed by atoms with Gasteiger partial charge in [0.05, 0.1) is 13.2 Å². The van der Waals surface area contributed by atoms with Crippen molar-refractivity contribution >= 4 is 0 Å². The van der Waals surface area contributed by atoms with Gasteiger partial charge in [0, 0.05) is 12.4 Å². The lowest BCUT2D eigenvalue weighted by molar-refractivity contribution is 0.383. The highest BCUT2D eigenvalue weighted by Gasteiger charge is 2.21. The maximum absolute atomic E-state index is 13.6. The molecule has 20 heavy (non-hydrogen) atoms. The molecular formula is C15H18FN3O. The fourth-order valence-electron chi connectivity index (χ4n) is 2.17. The van der Waals surface area contributed by atoms with Crippen LogP contribution < -0.4 is 10.1 Å². The molecule has 0 saturated carbocycles. The van der Waals surface area contributed by atoms with Crippen molar-refractivity contribution in [3.05, 3.63) is 53.2 Å². The highest BCUT2D eigenvalue weighted by atomic mass is 19.1. The second-order valence-corrected chi connectivity index (χ2v) is 4.44. The van der Waals surface area contributed by atoms with Crippen molar-refractivity contribution in [1.29, 1.82) is 0 Å². The highest BCUT2D eigenvalue weighted by Crippen LogP contribution is 2.28. The summed E-state index contributed by atoms with van der Waals surface area (Å²) in [4.78, 5) is 8.50. The Morgan fingerprint density at radius 3 is 2.75 bits per heavy atom. The van der Waals surface area contributed by atoms with E-state index in [1.165, 1.54) is 12.1 Å². The van der Waals surface area contributed by atoms with E-state index < -0.39 is 0 Å². The van der Waals surface area contributed by atoms with Crippen LogP contribution in [0, 0.1) is 12.7 Å². The molecule has 2 aromatic rings. The molecular weight excluding hydrogens is 257 g/mol. The van der Waals surface area contributed by atoms with Crippen LogP contribution in [0.2, 0.25) is 0 Å². The third-order valence-electron chi connectivity index (χ3n) is 3.12. The predicted octanol–water partition coefficient (Wildman–Crippen LogP) is 2.63. The lowest BCUT2D eigenvalue weighted by Gasteiger charge is -2.21. The maximum Gasteiger partial charge on any atom is 0.237 e. The number of halogens is 1. The van der Waals surface area contributed by atoms with Gasteiger partial charge in [0.15, 0.2) is 0 Å². The standard InChI is InChI=1S/C15H18FN3O/c1-4-17-13(12-9-11(16)6-5-10(12)2)14-15(20-3)19-8-7-18-14/h5-9,13,17H,4H2,1-3H3. The van der Waals surface area contributed by atoms with E-state index >= 15 is 0 Å². The molecule has 106 valence electrons. The van der Waals surface area contributed by atoms with Crippen LogP contribution >= 0.6 is 0 Å². The summed E-state index contributed by atoms with van der Waals surface area (Å²) >= 11 is 0. The summed E-state index contributed by atoms with van der Waals surface area (Å²) in [6, 6.07) is 4.49. The smallest absolute Gasteiger partial charge is 0.237 e. The summed E-state index contributed by atoms with van der Waals surface area (Å²) in [5, 5.41) is 3.31. The zero-order valence-corrected chi connectivity index (χ0v) is 11.9. The number of hydrogen-bond acceptors (Lipinski definition) is 4. The molecule has 0 spiro atoms. The number of aromatic nitrogens is 2. The van der Waals surface area contributed by atoms with E-state index in [1.54, 1.807) is 25.6 Å². The van der Waals surface area contributed by atoms with E-state index in [2.05, 4.69) is 15.3 Å². The molecule has 1 aromatic heterocycles. The van der Waals surface area contributed by atoms with Crippen LogP contribution in [0.4, 0.5) is 4.39 Å². The molecule has 4 nitrogen and oxygen atoms in total. The monoisotopic (exact) mass is 275 g/mol. The van der Waals surface area contributed by atoms with Crippen LogP contribution in [-0.2, 0) is 0 Å². The van der Waals surface area contributed by atoms with Crippen LogP contribution in [0.15, 0.2) is 30.6 Å². The van der Waals surface area contributed by atoms with Crippen LogP contribution in [0.5, 0.6) is 5.88 Å². The Morgan fingerprint density at radius 1 is 1.30 bits per heavy atom. The van der Waals surface area contributed by atoms with Gasteiger partial charge in [-0.15, -0.1) is 0 Å². The van der Waals surface area contributed by atoms with Gasteiger partial charge >= 0.3 is 0 Å². The van der Waals surface area contributed by atoms with Gasteiger partial charge in [-0.2, -0.15) is 0 Å². The van der Waals surface area contributed by atoms with Crippen molar-refractivity contribution < 1.29 is 9.13 Å². The van der Waals surface area contributed by atoms with Gasteiger partial charge in [0.25, 0.3) is 0 Å². The third kappa shape index (κ3) is 2.93. The van der Waals surface area contributed by atoms with Crippen molar-refractivity contribution in [2.45, 2.75) is 19.9 Å². The zero-order valence-electron chi connectivity index (χ0n) is 11.9. The lowest BCUT2D eigenvalue weighted by atomic mass is 9.98. The summed E-state index contributed by atoms with van der Waals surface area (Å²) in [5.41, 5.74) is 2.49. The molecule has 1 unspecified atom stereocenters. The molecule has 5 heteroatoms. The number of nitrogens with zero attached hydrogens (tertiary/aromatic N) is 2. The van der Waals surface area contributed by atoms with Crippen LogP contribution in [0.3, 0.4) is 0 Å². The summed E-state index contributed by atoms with van der Waals surface area (Å²) < 4.78 is 18.8. The fourth-order valence-corrected chi connectivity index (χ4v) is 2.17. The van der Waals surface area contributed by atoms with E-state index in [0.717, 1.165) is 17.7 Å². The maximum atomic E-state index is 13.6. The summed E-state index contributed by atoms with van der Waals surface area (Å²) in [7, 11) is 1.55. The zero-order chi connectivity index (χ0) is 14.5. The van der Waals surface area contributed by atoms with Crippen molar-refractivity contribution in [3.8, 4) is 5.88 Å². The van der Waals surface area contributed by atoms with Gasteiger partial charge in [0.2, 0.25) is 5.88 Å². The quantitative estimate of drug-likeness (QED) is 0.911. The van der Waals surface area contributed by atoms with Gasteiger partial charge in [-0.3, -0.25) is 4.98 Å². The van der Waals surface area contributed by atoms with Crippen LogP contribution in [0.25, 0.3) is 0 Å². The predicted molar refractivity (Wildman–Crippen MR) is 75.2 cm³/mol. The average Bonchev–Trinajstić information content (AvgIpc) is 2.47. The van der Waals surface area contributed by atoms with E-state index in [0.29, 0.717) is 11.6 Å². The Labute approximate surface area is 118 Å². The Morgan fingerprint density at radius 2 is 2.05 bits per heavy atom. The highest BCUT2D eigenvalue weighted by molar-refractivity contribution is 5.37. The van der Waals surface area contributed by atoms with Gasteiger partial charge in [-0.1, -0.05) is 13.0 Å². The van der Waals surface area contributed by atoms with Gasteiger partial charge < -0.3 is 10.1 Å². The molecule has 0 radical (unpaired) electrons. The number of ether oxygens (including phenoxy) is 1. The van der Waals surface area contributed by atoms with E-state index in [-0.39, 0.29) is 11.9 Å². The number of benzene rings is 1. The molecule has 2 rings (SSSR count). The number of methoxy groups -OCH3 is 1. The van der Waals surface area contributed by atoms with Gasteiger partial charge in [0.1, 0.15) is 11.5 Å². The summed E-state index contributed by atoms with van der Waals surface area (Å²) in [5.74, 6) is 0.179. The minimum Gasteiger partial charge on any atom is -0.480 e. The first-order valence-corrected chi connectivity index (χ1v) is 6.51. The molecule has 1 aromatic carbocycles. The Bertz CT molecular complexity index is 589. The van der Waals surface area contributed by atoms with Crippen molar-refractivity contribution in [2.75, 3.05) is 13.7 Å². The first kappa shape index (κ1) is 14.4. The van der Waals surface area contributed by atoms with Crippen molar-refractivity contribution in [1.82, 2.24) is 15.3 Å². The van der Waals surface area contributed by atoms with E-state index in [1.807, 2.05) is 13.8 Å². The normalized spacial score (nSPS) is 12.2. The summed E-state index contributed by atoms with van der Waals surface area (Å²) in [6.45, 7) is 4.66. The van der Waals surface area contributed by atoms with Crippen molar-refractivity contribution in [3.63, 3.8) is 0 Å². The number of rotatable bonds is 5. The second-order valence-electron chi connectivity index (χ2n) is 4.44. The molecule has 0 bridgehead atoms. The van der Waals surface area contributed by atoms with E-state index in [4.69, 9.17) is 4.74 Å². The Kier molecular flexibility index (Phi) is 4.63. The first-order chi connectivity index (χ1) is 9.67. The Hall–Kier alpha value is -2.01. The molecule has 0 aliphatic rings. The first-order valence-electron chi connectivity index (χ1n) is 6.51.